The van der Waals surface area contributed by atoms with E-state index < -0.39 is 0 Å². The molecule has 0 radical (unpaired) electrons. The SMILES string of the molecule is CC(C)NC(=O)Nc1ccc(-c2noc(C3Cn4cnnc4CN3C)n2)cc1. The number of aromatic nitrogens is 5. The second kappa shape index (κ2) is 7.39. The second-order valence-corrected chi connectivity index (χ2v) is 7.12. The molecule has 10 heteroatoms. The van der Waals surface area contributed by atoms with Crippen LogP contribution in [0.5, 0.6) is 0 Å². The number of nitrogens with one attached hydrogen (secondary N) is 2. The molecule has 28 heavy (non-hydrogen) atoms. The molecule has 1 unspecified atom stereocenters. The van der Waals surface area contributed by atoms with E-state index in [-0.39, 0.29) is 18.1 Å². The van der Waals surface area contributed by atoms with Crippen LogP contribution in [0, 0.1) is 0 Å². The molecule has 2 N–H and O–H groups in total. The van der Waals surface area contributed by atoms with Gasteiger partial charge in [-0.1, -0.05) is 5.16 Å². The van der Waals surface area contributed by atoms with Crippen molar-refractivity contribution in [2.75, 3.05) is 12.4 Å². The Balaban J connectivity index is 1.46. The van der Waals surface area contributed by atoms with Gasteiger partial charge in [-0.15, -0.1) is 10.2 Å². The van der Waals surface area contributed by atoms with Crippen LogP contribution in [0.25, 0.3) is 11.4 Å². The molecule has 0 bridgehead atoms. The van der Waals surface area contributed by atoms with Crippen LogP contribution in [0.3, 0.4) is 0 Å². The molecule has 1 aliphatic rings. The first-order chi connectivity index (χ1) is 13.5. The molecule has 2 aromatic heterocycles. The van der Waals surface area contributed by atoms with Gasteiger partial charge in [0.05, 0.1) is 6.54 Å². The lowest BCUT2D eigenvalue weighted by Crippen LogP contribution is -2.34. The van der Waals surface area contributed by atoms with Gasteiger partial charge in [0, 0.05) is 23.8 Å². The Morgan fingerprint density at radius 2 is 2.07 bits per heavy atom. The van der Waals surface area contributed by atoms with Crippen LogP contribution in [-0.4, -0.2) is 48.9 Å². The quantitative estimate of drug-likeness (QED) is 0.710. The lowest BCUT2D eigenvalue weighted by Gasteiger charge is -2.29. The molecule has 1 aliphatic heterocycles. The number of amides is 2. The molecule has 10 nitrogen and oxygen atoms in total. The van der Waals surface area contributed by atoms with E-state index in [0.29, 0.717) is 30.5 Å². The van der Waals surface area contributed by atoms with Crippen LogP contribution in [0.2, 0.25) is 0 Å². The number of nitrogens with zero attached hydrogens (tertiary/aromatic N) is 6. The smallest absolute Gasteiger partial charge is 0.319 e. The minimum atomic E-state index is -0.238. The zero-order valence-electron chi connectivity index (χ0n) is 16.0. The van der Waals surface area contributed by atoms with E-state index in [2.05, 4.69) is 35.9 Å². The Hall–Kier alpha value is -3.27. The number of likely N-dealkylation sites (N-methyl/N-ethyl adjacent to an activating group) is 1. The number of hydrogen-bond acceptors (Lipinski definition) is 7. The molecule has 0 aliphatic carbocycles. The predicted octanol–water partition coefficient (Wildman–Crippen LogP) is 2.04. The number of carbonyl (C=O) groups excluding carboxylic acids is 1. The summed E-state index contributed by atoms with van der Waals surface area (Å²) in [5.74, 6) is 1.98. The monoisotopic (exact) mass is 382 g/mol. The second-order valence-electron chi connectivity index (χ2n) is 7.12. The normalized spacial score (nSPS) is 16.8. The third-order valence-corrected chi connectivity index (χ3v) is 4.54. The minimum absolute atomic E-state index is 0.0366. The number of anilines is 1. The average Bonchev–Trinajstić information content (AvgIpc) is 3.29. The first-order valence-corrected chi connectivity index (χ1v) is 9.08. The van der Waals surface area contributed by atoms with Gasteiger partial charge in [-0.25, -0.2) is 4.79 Å². The van der Waals surface area contributed by atoms with Crippen molar-refractivity contribution in [2.24, 2.45) is 0 Å². The molecule has 2 amide bonds. The molecular formula is C18H22N8O2. The maximum Gasteiger partial charge on any atom is 0.319 e. The highest BCUT2D eigenvalue weighted by Crippen LogP contribution is 2.28. The van der Waals surface area contributed by atoms with Crippen LogP contribution in [0.1, 0.15) is 31.6 Å². The highest BCUT2D eigenvalue weighted by molar-refractivity contribution is 5.89. The van der Waals surface area contributed by atoms with E-state index in [0.717, 1.165) is 11.4 Å². The summed E-state index contributed by atoms with van der Waals surface area (Å²) in [6.45, 7) is 5.14. The summed E-state index contributed by atoms with van der Waals surface area (Å²) in [6, 6.07) is 7.11. The Bertz CT molecular complexity index is 962. The van der Waals surface area contributed by atoms with Crippen LogP contribution < -0.4 is 10.6 Å². The zero-order valence-corrected chi connectivity index (χ0v) is 16.0. The molecule has 1 atom stereocenters. The summed E-state index contributed by atoms with van der Waals surface area (Å²) < 4.78 is 7.52. The van der Waals surface area contributed by atoms with Crippen molar-refractivity contribution in [3.63, 3.8) is 0 Å². The Labute approximate surface area is 161 Å². The van der Waals surface area contributed by atoms with Crippen molar-refractivity contribution in [1.29, 1.82) is 0 Å². The highest BCUT2D eigenvalue weighted by atomic mass is 16.5. The van der Waals surface area contributed by atoms with E-state index in [9.17, 15) is 4.79 Å². The molecule has 1 aromatic carbocycles. The van der Waals surface area contributed by atoms with E-state index in [1.165, 1.54) is 0 Å². The Morgan fingerprint density at radius 3 is 2.82 bits per heavy atom. The standard InChI is InChI=1S/C18H22N8O2/c1-11(2)20-18(27)21-13-6-4-12(5-7-13)16-22-17(28-24-16)14-8-26-10-19-23-15(26)9-25(14)3/h4-7,10-11,14H,8-9H2,1-3H3,(H2,20,21,27). The van der Waals surface area contributed by atoms with Gasteiger partial charge in [-0.2, -0.15) is 4.98 Å². The molecule has 0 saturated carbocycles. The first kappa shape index (κ1) is 18.1. The van der Waals surface area contributed by atoms with Crippen molar-refractivity contribution >= 4 is 11.7 Å². The van der Waals surface area contributed by atoms with E-state index >= 15 is 0 Å². The third kappa shape index (κ3) is 3.72. The van der Waals surface area contributed by atoms with Crippen LogP contribution >= 0.6 is 0 Å². The molecule has 0 fully saturated rings. The number of rotatable bonds is 4. The average molecular weight is 382 g/mol. The lowest BCUT2D eigenvalue weighted by molar-refractivity contribution is 0.139. The van der Waals surface area contributed by atoms with E-state index in [1.54, 1.807) is 18.5 Å². The molecule has 146 valence electrons. The Kier molecular flexibility index (Phi) is 4.78. The van der Waals surface area contributed by atoms with Crippen molar-refractivity contribution < 1.29 is 9.32 Å². The number of urea groups is 1. The number of carbonyl (C=O) groups is 1. The molecule has 4 rings (SSSR count). The summed E-state index contributed by atoms with van der Waals surface area (Å²) >= 11 is 0. The van der Waals surface area contributed by atoms with Gasteiger partial charge in [0.2, 0.25) is 11.7 Å². The first-order valence-electron chi connectivity index (χ1n) is 9.08. The van der Waals surface area contributed by atoms with Crippen molar-refractivity contribution in [3.05, 3.63) is 42.3 Å². The van der Waals surface area contributed by atoms with Gasteiger partial charge < -0.3 is 19.7 Å². The van der Waals surface area contributed by atoms with Gasteiger partial charge in [-0.3, -0.25) is 4.90 Å². The molecule has 0 saturated heterocycles. The summed E-state index contributed by atoms with van der Waals surface area (Å²) in [4.78, 5) is 18.5. The topological polar surface area (TPSA) is 114 Å². The number of hydrogen-bond donors (Lipinski definition) is 2. The van der Waals surface area contributed by atoms with Gasteiger partial charge >= 0.3 is 6.03 Å². The molecular weight excluding hydrogens is 360 g/mol. The summed E-state index contributed by atoms with van der Waals surface area (Å²) in [6.07, 6.45) is 1.72. The van der Waals surface area contributed by atoms with Crippen molar-refractivity contribution in [1.82, 2.24) is 35.1 Å². The fourth-order valence-corrected chi connectivity index (χ4v) is 3.10. The number of fused-ring (bicyclic) bond motifs is 1. The minimum Gasteiger partial charge on any atom is -0.337 e. The van der Waals surface area contributed by atoms with Crippen LogP contribution in [0.4, 0.5) is 10.5 Å². The summed E-state index contributed by atoms with van der Waals surface area (Å²) in [7, 11) is 2.00. The van der Waals surface area contributed by atoms with Gasteiger partial charge in [0.25, 0.3) is 0 Å². The highest BCUT2D eigenvalue weighted by Gasteiger charge is 2.30. The van der Waals surface area contributed by atoms with Crippen LogP contribution in [-0.2, 0) is 13.1 Å². The van der Waals surface area contributed by atoms with Gasteiger partial charge in [-0.05, 0) is 45.2 Å². The molecule has 3 heterocycles. The van der Waals surface area contributed by atoms with E-state index in [1.807, 2.05) is 37.6 Å². The molecule has 3 aromatic rings. The Morgan fingerprint density at radius 1 is 1.29 bits per heavy atom. The van der Waals surface area contributed by atoms with Crippen molar-refractivity contribution in [3.8, 4) is 11.4 Å². The maximum absolute atomic E-state index is 11.8. The fourth-order valence-electron chi connectivity index (χ4n) is 3.10. The van der Waals surface area contributed by atoms with Crippen molar-refractivity contribution in [2.45, 2.75) is 39.0 Å². The predicted molar refractivity (Wildman–Crippen MR) is 101 cm³/mol. The fraction of sp³-hybridized carbons (Fsp3) is 0.389. The number of benzene rings is 1. The third-order valence-electron chi connectivity index (χ3n) is 4.54. The summed E-state index contributed by atoms with van der Waals surface area (Å²) in [5.41, 5.74) is 1.51. The summed E-state index contributed by atoms with van der Waals surface area (Å²) in [5, 5.41) is 17.7. The van der Waals surface area contributed by atoms with E-state index in [4.69, 9.17) is 4.52 Å². The van der Waals surface area contributed by atoms with Crippen LogP contribution in [0.15, 0.2) is 35.1 Å². The maximum atomic E-state index is 11.8. The lowest BCUT2D eigenvalue weighted by atomic mass is 10.2. The molecule has 0 spiro atoms. The largest absolute Gasteiger partial charge is 0.337 e. The zero-order chi connectivity index (χ0) is 19.7. The van der Waals surface area contributed by atoms with Gasteiger partial charge in [0.15, 0.2) is 0 Å². The van der Waals surface area contributed by atoms with Gasteiger partial charge in [0.1, 0.15) is 18.2 Å².